The highest BCUT2D eigenvalue weighted by Gasteiger charge is 2.14. The zero-order valence-corrected chi connectivity index (χ0v) is 13.8. The first-order valence-corrected chi connectivity index (χ1v) is 8.99. The fraction of sp³-hybridized carbons (Fsp3) is 0.429. The number of pyridine rings is 1. The Morgan fingerprint density at radius 2 is 1.96 bits per heavy atom. The Kier molecular flexibility index (Phi) is 5.43. The molecule has 0 aromatic carbocycles. The molecule has 0 radical (unpaired) electrons. The lowest BCUT2D eigenvalue weighted by Gasteiger charge is -2.08. The van der Waals surface area contributed by atoms with Gasteiger partial charge in [-0.25, -0.2) is 13.4 Å². The van der Waals surface area contributed by atoms with Gasteiger partial charge in [-0.2, -0.15) is 0 Å². The standard InChI is InChI=1S/C14H19N5O3S/c1-11(2)8-23(21,22)6-5-15-14(20)12-3-4-13(16-7-12)19-9-17-18-10-19/h3-4,7,9-11H,5-6,8H2,1-2H3,(H,15,20). The van der Waals surface area contributed by atoms with Crippen molar-refractivity contribution >= 4 is 15.7 Å². The Bertz CT molecular complexity index is 739. The normalized spacial score (nSPS) is 11.6. The maximum absolute atomic E-state index is 12.0. The number of nitrogens with zero attached hydrogens (tertiary/aromatic N) is 4. The maximum Gasteiger partial charge on any atom is 0.252 e. The lowest BCUT2D eigenvalue weighted by molar-refractivity contribution is 0.0956. The summed E-state index contributed by atoms with van der Waals surface area (Å²) in [5.41, 5.74) is 0.364. The highest BCUT2D eigenvalue weighted by Crippen LogP contribution is 2.05. The van der Waals surface area contributed by atoms with Crippen LogP contribution in [0, 0.1) is 5.92 Å². The summed E-state index contributed by atoms with van der Waals surface area (Å²) in [6.07, 6.45) is 4.43. The van der Waals surface area contributed by atoms with E-state index in [9.17, 15) is 13.2 Å². The molecule has 2 heterocycles. The van der Waals surface area contributed by atoms with Crippen LogP contribution in [0.25, 0.3) is 5.82 Å². The lowest BCUT2D eigenvalue weighted by atomic mass is 10.2. The minimum Gasteiger partial charge on any atom is -0.351 e. The van der Waals surface area contributed by atoms with E-state index >= 15 is 0 Å². The third-order valence-corrected chi connectivity index (χ3v) is 4.98. The SMILES string of the molecule is CC(C)CS(=O)(=O)CCNC(=O)c1ccc(-n2cnnc2)nc1. The quantitative estimate of drug-likeness (QED) is 0.787. The molecular weight excluding hydrogens is 318 g/mol. The monoisotopic (exact) mass is 337 g/mol. The van der Waals surface area contributed by atoms with E-state index in [1.807, 2.05) is 13.8 Å². The Hall–Kier alpha value is -2.29. The van der Waals surface area contributed by atoms with Gasteiger partial charge in [0.05, 0.1) is 17.1 Å². The van der Waals surface area contributed by atoms with Crippen molar-refractivity contribution in [3.8, 4) is 5.82 Å². The number of nitrogens with one attached hydrogen (secondary N) is 1. The van der Waals surface area contributed by atoms with Crippen LogP contribution in [0.3, 0.4) is 0 Å². The molecule has 0 aliphatic heterocycles. The van der Waals surface area contributed by atoms with Gasteiger partial charge in [0.25, 0.3) is 5.91 Å². The molecule has 0 fully saturated rings. The minimum atomic E-state index is -3.14. The van der Waals surface area contributed by atoms with Gasteiger partial charge in [0.2, 0.25) is 0 Å². The highest BCUT2D eigenvalue weighted by molar-refractivity contribution is 7.91. The Labute approximate surface area is 134 Å². The molecule has 1 amide bonds. The largest absolute Gasteiger partial charge is 0.351 e. The molecule has 124 valence electrons. The molecule has 2 aromatic heterocycles. The van der Waals surface area contributed by atoms with Gasteiger partial charge in [-0.05, 0) is 18.1 Å². The van der Waals surface area contributed by atoms with Crippen molar-refractivity contribution in [1.29, 1.82) is 0 Å². The van der Waals surface area contributed by atoms with Crippen LogP contribution in [-0.4, -0.2) is 52.1 Å². The van der Waals surface area contributed by atoms with Crippen molar-refractivity contribution in [2.45, 2.75) is 13.8 Å². The van der Waals surface area contributed by atoms with Crippen molar-refractivity contribution in [3.63, 3.8) is 0 Å². The first-order chi connectivity index (χ1) is 10.9. The second-order valence-electron chi connectivity index (χ2n) is 5.54. The van der Waals surface area contributed by atoms with Crippen LogP contribution < -0.4 is 5.32 Å². The number of amides is 1. The van der Waals surface area contributed by atoms with Crippen LogP contribution >= 0.6 is 0 Å². The summed E-state index contributed by atoms with van der Waals surface area (Å²) in [5, 5.41) is 9.95. The van der Waals surface area contributed by atoms with Crippen LogP contribution in [-0.2, 0) is 9.84 Å². The third kappa shape index (κ3) is 5.13. The number of carbonyl (C=O) groups is 1. The maximum atomic E-state index is 12.0. The van der Waals surface area contributed by atoms with E-state index in [1.54, 1.807) is 16.7 Å². The average molecular weight is 337 g/mol. The van der Waals surface area contributed by atoms with Crippen LogP contribution in [0.1, 0.15) is 24.2 Å². The Balaban J connectivity index is 1.89. The predicted molar refractivity (Wildman–Crippen MR) is 85.0 cm³/mol. The summed E-state index contributed by atoms with van der Waals surface area (Å²) in [5.74, 6) is 0.366. The molecule has 0 aliphatic rings. The molecule has 0 spiro atoms. The van der Waals surface area contributed by atoms with E-state index in [1.165, 1.54) is 18.9 Å². The topological polar surface area (TPSA) is 107 Å². The number of sulfone groups is 1. The molecule has 0 bridgehead atoms. The fourth-order valence-corrected chi connectivity index (χ4v) is 3.60. The number of hydrogen-bond donors (Lipinski definition) is 1. The minimum absolute atomic E-state index is 0.0663. The molecule has 2 aromatic rings. The van der Waals surface area contributed by atoms with E-state index < -0.39 is 9.84 Å². The van der Waals surface area contributed by atoms with Gasteiger partial charge in [-0.3, -0.25) is 9.36 Å². The van der Waals surface area contributed by atoms with Gasteiger partial charge in [-0.15, -0.1) is 10.2 Å². The average Bonchev–Trinajstić information content (AvgIpc) is 3.00. The zero-order valence-electron chi connectivity index (χ0n) is 13.0. The van der Waals surface area contributed by atoms with Gasteiger partial charge in [0.1, 0.15) is 18.5 Å². The van der Waals surface area contributed by atoms with E-state index in [-0.39, 0.29) is 29.9 Å². The molecule has 8 nitrogen and oxygen atoms in total. The molecule has 0 saturated carbocycles. The highest BCUT2D eigenvalue weighted by atomic mass is 32.2. The molecule has 0 atom stereocenters. The summed E-state index contributed by atoms with van der Waals surface area (Å²) >= 11 is 0. The Morgan fingerprint density at radius 3 is 2.52 bits per heavy atom. The van der Waals surface area contributed by atoms with Gasteiger partial charge in [0.15, 0.2) is 9.84 Å². The number of carbonyl (C=O) groups excluding carboxylic acids is 1. The lowest BCUT2D eigenvalue weighted by Crippen LogP contribution is -2.30. The van der Waals surface area contributed by atoms with E-state index in [0.29, 0.717) is 11.4 Å². The fourth-order valence-electron chi connectivity index (χ4n) is 2.01. The molecule has 0 aliphatic carbocycles. The molecule has 9 heteroatoms. The zero-order chi connectivity index (χ0) is 16.9. The number of rotatable bonds is 7. The second kappa shape index (κ2) is 7.32. The van der Waals surface area contributed by atoms with E-state index in [2.05, 4.69) is 20.5 Å². The van der Waals surface area contributed by atoms with Crippen molar-refractivity contribution in [3.05, 3.63) is 36.5 Å². The summed E-state index contributed by atoms with van der Waals surface area (Å²) in [6.45, 7) is 3.78. The Morgan fingerprint density at radius 1 is 1.26 bits per heavy atom. The van der Waals surface area contributed by atoms with Gasteiger partial charge < -0.3 is 5.32 Å². The molecule has 2 rings (SSSR count). The van der Waals surface area contributed by atoms with Crippen LogP contribution in [0.2, 0.25) is 0 Å². The van der Waals surface area contributed by atoms with Crippen molar-refractivity contribution in [2.24, 2.45) is 5.92 Å². The number of hydrogen-bond acceptors (Lipinski definition) is 6. The smallest absolute Gasteiger partial charge is 0.252 e. The molecular formula is C14H19N5O3S. The summed E-state index contributed by atoms with van der Waals surface area (Å²) in [7, 11) is -3.14. The number of aromatic nitrogens is 4. The molecule has 0 saturated heterocycles. The van der Waals surface area contributed by atoms with Crippen LogP contribution in [0.4, 0.5) is 0 Å². The van der Waals surface area contributed by atoms with Gasteiger partial charge >= 0.3 is 0 Å². The van der Waals surface area contributed by atoms with Gasteiger partial charge in [-0.1, -0.05) is 13.8 Å². The second-order valence-corrected chi connectivity index (χ2v) is 7.77. The molecule has 1 N–H and O–H groups in total. The van der Waals surface area contributed by atoms with Crippen molar-refractivity contribution < 1.29 is 13.2 Å². The first kappa shape index (κ1) is 17.1. The summed E-state index contributed by atoms with van der Waals surface area (Å²) in [6, 6.07) is 3.27. The van der Waals surface area contributed by atoms with Crippen molar-refractivity contribution in [1.82, 2.24) is 25.1 Å². The summed E-state index contributed by atoms with van der Waals surface area (Å²) in [4.78, 5) is 16.1. The van der Waals surface area contributed by atoms with Crippen LogP contribution in [0.15, 0.2) is 31.0 Å². The predicted octanol–water partition coefficient (Wildman–Crippen LogP) is 0.463. The summed E-state index contributed by atoms with van der Waals surface area (Å²) < 4.78 is 25.1. The van der Waals surface area contributed by atoms with E-state index in [0.717, 1.165) is 0 Å². The van der Waals surface area contributed by atoms with Crippen molar-refractivity contribution in [2.75, 3.05) is 18.1 Å². The van der Waals surface area contributed by atoms with E-state index in [4.69, 9.17) is 0 Å². The first-order valence-electron chi connectivity index (χ1n) is 7.17. The van der Waals surface area contributed by atoms with Crippen LogP contribution in [0.5, 0.6) is 0 Å². The molecule has 0 unspecified atom stereocenters. The molecule has 23 heavy (non-hydrogen) atoms. The van der Waals surface area contributed by atoms with Gasteiger partial charge in [0, 0.05) is 12.7 Å². The third-order valence-electron chi connectivity index (χ3n) is 2.98.